The monoisotopic (exact) mass is 276 g/mol. The van der Waals surface area contributed by atoms with Gasteiger partial charge in [-0.05, 0) is 31.2 Å². The number of rotatable bonds is 4. The Bertz CT molecular complexity index is 427. The van der Waals surface area contributed by atoms with Crippen molar-refractivity contribution in [3.05, 3.63) is 24.3 Å². The maximum absolute atomic E-state index is 12.0. The molecule has 1 aromatic heterocycles. The first-order valence-electron chi connectivity index (χ1n) is 7.35. The van der Waals surface area contributed by atoms with E-state index in [4.69, 9.17) is 0 Å². The van der Waals surface area contributed by atoms with E-state index in [1.165, 1.54) is 6.42 Å². The van der Waals surface area contributed by atoms with Gasteiger partial charge in [-0.1, -0.05) is 13.8 Å². The molecule has 1 aliphatic heterocycles. The molecule has 3 unspecified atom stereocenters. The molecule has 0 aliphatic carbocycles. The van der Waals surface area contributed by atoms with Gasteiger partial charge in [-0.25, -0.2) is 9.97 Å². The Hall–Kier alpha value is -1.49. The van der Waals surface area contributed by atoms with Gasteiger partial charge in [0.2, 0.25) is 5.82 Å². The number of nitrogens with one attached hydrogen (secondary N) is 1. The zero-order chi connectivity index (χ0) is 14.5. The Morgan fingerprint density at radius 2 is 1.95 bits per heavy atom. The summed E-state index contributed by atoms with van der Waals surface area (Å²) in [6.45, 7) is 9.74. The lowest BCUT2D eigenvalue weighted by Crippen LogP contribution is -2.47. The number of hydrogen-bond acceptors (Lipinski definition) is 4. The highest BCUT2D eigenvalue weighted by Gasteiger charge is 2.23. The zero-order valence-electron chi connectivity index (χ0n) is 12.5. The van der Waals surface area contributed by atoms with E-state index in [0.717, 1.165) is 31.5 Å². The first-order chi connectivity index (χ1) is 9.54. The molecule has 0 aromatic carbocycles. The van der Waals surface area contributed by atoms with Gasteiger partial charge in [-0.2, -0.15) is 0 Å². The minimum atomic E-state index is -0.198. The van der Waals surface area contributed by atoms with Gasteiger partial charge in [0.1, 0.15) is 0 Å². The summed E-state index contributed by atoms with van der Waals surface area (Å²) in [6, 6.07) is 1.81. The van der Waals surface area contributed by atoms with E-state index in [1.54, 1.807) is 18.5 Å². The van der Waals surface area contributed by atoms with Crippen LogP contribution in [0.3, 0.4) is 0 Å². The number of aromatic nitrogens is 2. The van der Waals surface area contributed by atoms with Crippen LogP contribution in [0.25, 0.3) is 0 Å². The van der Waals surface area contributed by atoms with Crippen LogP contribution in [0.15, 0.2) is 18.5 Å². The summed E-state index contributed by atoms with van der Waals surface area (Å²) in [7, 11) is 0. The highest BCUT2D eigenvalue weighted by molar-refractivity contribution is 5.90. The number of amides is 1. The number of hydrogen-bond donors (Lipinski definition) is 1. The number of carbonyl (C=O) groups is 1. The SMILES string of the molecule is CC1CC(C)CN(CC(C)NC(=O)c2ncccn2)C1. The van der Waals surface area contributed by atoms with Crippen LogP contribution in [-0.4, -0.2) is 46.5 Å². The predicted molar refractivity (Wildman–Crippen MR) is 78.3 cm³/mol. The third-order valence-electron chi connectivity index (χ3n) is 3.62. The molecule has 5 heteroatoms. The fourth-order valence-electron chi connectivity index (χ4n) is 3.08. The third-order valence-corrected chi connectivity index (χ3v) is 3.62. The van der Waals surface area contributed by atoms with Crippen molar-refractivity contribution in [3.8, 4) is 0 Å². The summed E-state index contributed by atoms with van der Waals surface area (Å²) >= 11 is 0. The lowest BCUT2D eigenvalue weighted by atomic mass is 9.92. The van der Waals surface area contributed by atoms with Crippen LogP contribution in [0.5, 0.6) is 0 Å². The van der Waals surface area contributed by atoms with Crippen molar-refractivity contribution in [2.45, 2.75) is 33.2 Å². The predicted octanol–water partition coefficient (Wildman–Crippen LogP) is 1.57. The lowest BCUT2D eigenvalue weighted by Gasteiger charge is -2.36. The van der Waals surface area contributed by atoms with Crippen LogP contribution < -0.4 is 5.32 Å². The molecule has 0 bridgehead atoms. The molecule has 2 heterocycles. The molecule has 1 amide bonds. The smallest absolute Gasteiger partial charge is 0.289 e. The van der Waals surface area contributed by atoms with Crippen LogP contribution >= 0.6 is 0 Å². The van der Waals surface area contributed by atoms with Gasteiger partial charge in [-0.3, -0.25) is 4.79 Å². The molecule has 3 atom stereocenters. The van der Waals surface area contributed by atoms with Gasteiger partial charge in [0.15, 0.2) is 0 Å². The van der Waals surface area contributed by atoms with Gasteiger partial charge in [-0.15, -0.1) is 0 Å². The van der Waals surface area contributed by atoms with Crippen LogP contribution in [0, 0.1) is 11.8 Å². The standard InChI is InChI=1S/C15H24N4O/c1-11-7-12(2)9-19(8-11)10-13(3)18-15(20)14-16-5-4-6-17-14/h4-6,11-13H,7-10H2,1-3H3,(H,18,20). The summed E-state index contributed by atoms with van der Waals surface area (Å²) in [5.41, 5.74) is 0. The molecule has 110 valence electrons. The van der Waals surface area contributed by atoms with Gasteiger partial charge >= 0.3 is 0 Å². The Morgan fingerprint density at radius 3 is 2.55 bits per heavy atom. The molecule has 2 rings (SSSR count). The summed E-state index contributed by atoms with van der Waals surface area (Å²) in [5.74, 6) is 1.51. The fraction of sp³-hybridized carbons (Fsp3) is 0.667. The van der Waals surface area contributed by atoms with E-state index >= 15 is 0 Å². The minimum Gasteiger partial charge on any atom is -0.346 e. The molecule has 0 spiro atoms. The third kappa shape index (κ3) is 4.27. The van der Waals surface area contributed by atoms with Crippen molar-refractivity contribution >= 4 is 5.91 Å². The van der Waals surface area contributed by atoms with Crippen molar-refractivity contribution in [1.82, 2.24) is 20.2 Å². The maximum Gasteiger partial charge on any atom is 0.289 e. The van der Waals surface area contributed by atoms with Crippen molar-refractivity contribution < 1.29 is 4.79 Å². The van der Waals surface area contributed by atoms with Gasteiger partial charge in [0, 0.05) is 38.1 Å². The van der Waals surface area contributed by atoms with E-state index in [9.17, 15) is 4.79 Å². The second-order valence-electron chi connectivity index (χ2n) is 6.11. The minimum absolute atomic E-state index is 0.101. The highest BCUT2D eigenvalue weighted by Crippen LogP contribution is 2.20. The van der Waals surface area contributed by atoms with Crippen molar-refractivity contribution in [2.24, 2.45) is 11.8 Å². The topological polar surface area (TPSA) is 58.1 Å². The Labute approximate surface area is 120 Å². The van der Waals surface area contributed by atoms with Gasteiger partial charge < -0.3 is 10.2 Å². The highest BCUT2D eigenvalue weighted by atomic mass is 16.2. The largest absolute Gasteiger partial charge is 0.346 e. The van der Waals surface area contributed by atoms with Crippen molar-refractivity contribution in [2.75, 3.05) is 19.6 Å². The molecule has 1 aromatic rings. The number of likely N-dealkylation sites (tertiary alicyclic amines) is 1. The van der Waals surface area contributed by atoms with Gasteiger partial charge in [0.25, 0.3) is 5.91 Å². The van der Waals surface area contributed by atoms with E-state index < -0.39 is 0 Å². The molecule has 1 N–H and O–H groups in total. The van der Waals surface area contributed by atoms with E-state index in [0.29, 0.717) is 0 Å². The Morgan fingerprint density at radius 1 is 1.35 bits per heavy atom. The number of nitrogens with zero attached hydrogens (tertiary/aromatic N) is 3. The molecule has 1 saturated heterocycles. The molecule has 1 aliphatic rings. The van der Waals surface area contributed by atoms with E-state index in [1.807, 2.05) is 6.92 Å². The van der Waals surface area contributed by atoms with Crippen LogP contribution in [0.4, 0.5) is 0 Å². The Balaban J connectivity index is 1.83. The summed E-state index contributed by atoms with van der Waals surface area (Å²) in [4.78, 5) is 22.3. The number of carbonyl (C=O) groups excluding carboxylic acids is 1. The van der Waals surface area contributed by atoms with Crippen LogP contribution in [0.2, 0.25) is 0 Å². The second kappa shape index (κ2) is 6.79. The fourth-order valence-corrected chi connectivity index (χ4v) is 3.08. The van der Waals surface area contributed by atoms with Crippen molar-refractivity contribution in [1.29, 1.82) is 0 Å². The average Bonchev–Trinajstić information content (AvgIpc) is 2.38. The summed E-state index contributed by atoms with van der Waals surface area (Å²) < 4.78 is 0. The van der Waals surface area contributed by atoms with Crippen LogP contribution in [0.1, 0.15) is 37.8 Å². The molecular weight excluding hydrogens is 252 g/mol. The number of piperidine rings is 1. The molecule has 0 saturated carbocycles. The Kier molecular flexibility index (Phi) is 5.06. The summed E-state index contributed by atoms with van der Waals surface area (Å²) in [6.07, 6.45) is 4.47. The molecule has 5 nitrogen and oxygen atoms in total. The molecule has 1 fully saturated rings. The maximum atomic E-state index is 12.0. The van der Waals surface area contributed by atoms with Gasteiger partial charge in [0.05, 0.1) is 0 Å². The quantitative estimate of drug-likeness (QED) is 0.907. The van der Waals surface area contributed by atoms with E-state index in [-0.39, 0.29) is 17.8 Å². The molecular formula is C15H24N4O. The summed E-state index contributed by atoms with van der Waals surface area (Å²) in [5, 5.41) is 2.97. The van der Waals surface area contributed by atoms with Crippen molar-refractivity contribution in [3.63, 3.8) is 0 Å². The van der Waals surface area contributed by atoms with Crippen LogP contribution in [-0.2, 0) is 0 Å². The molecule has 20 heavy (non-hydrogen) atoms. The van der Waals surface area contributed by atoms with E-state index in [2.05, 4.69) is 34.0 Å². The normalized spacial score (nSPS) is 25.1. The lowest BCUT2D eigenvalue weighted by molar-refractivity contribution is 0.0895. The zero-order valence-corrected chi connectivity index (χ0v) is 12.5. The first-order valence-corrected chi connectivity index (χ1v) is 7.35. The molecule has 0 radical (unpaired) electrons. The second-order valence-corrected chi connectivity index (χ2v) is 6.11. The average molecular weight is 276 g/mol. The first kappa shape index (κ1) is 14.9.